The third kappa shape index (κ3) is 3.30. The van der Waals surface area contributed by atoms with E-state index in [-0.39, 0.29) is 13.1 Å². The standard InChI is InChI=1S/C23H23ClFN3O/c24-17-9-10-20-16(11-23(13-27,29-20)14-5-2-1-3-6-14)21(17)22-15(19(28)12-26)7-4-8-18(22)25/h1-10,19H,11-13,26-28H2/t19?,23-/m1/s1. The summed E-state index contributed by atoms with van der Waals surface area (Å²) in [7, 11) is 0. The normalized spacial score (nSPS) is 18.9. The minimum absolute atomic E-state index is 0.191. The highest BCUT2D eigenvalue weighted by Crippen LogP contribution is 2.49. The van der Waals surface area contributed by atoms with E-state index in [9.17, 15) is 0 Å². The highest BCUT2D eigenvalue weighted by Gasteiger charge is 2.42. The molecule has 3 aromatic rings. The van der Waals surface area contributed by atoms with Crippen molar-refractivity contribution in [2.45, 2.75) is 18.1 Å². The van der Waals surface area contributed by atoms with Crippen LogP contribution in [0.3, 0.4) is 0 Å². The summed E-state index contributed by atoms with van der Waals surface area (Å²) in [6.45, 7) is 0.464. The van der Waals surface area contributed by atoms with E-state index in [1.54, 1.807) is 18.2 Å². The number of benzene rings is 3. The largest absolute Gasteiger partial charge is 0.481 e. The summed E-state index contributed by atoms with van der Waals surface area (Å²) in [5.74, 6) is 0.251. The van der Waals surface area contributed by atoms with Gasteiger partial charge in [-0.1, -0.05) is 54.1 Å². The maximum Gasteiger partial charge on any atom is 0.150 e. The molecule has 0 amide bonds. The molecule has 0 saturated heterocycles. The monoisotopic (exact) mass is 411 g/mol. The zero-order chi connectivity index (χ0) is 20.6. The Balaban J connectivity index is 1.92. The fourth-order valence-corrected chi connectivity index (χ4v) is 4.32. The Morgan fingerprint density at radius 2 is 1.76 bits per heavy atom. The van der Waals surface area contributed by atoms with E-state index in [2.05, 4.69) is 0 Å². The van der Waals surface area contributed by atoms with Crippen molar-refractivity contribution in [2.24, 2.45) is 17.2 Å². The Hall–Kier alpha value is -2.44. The number of hydrogen-bond donors (Lipinski definition) is 3. The number of halogens is 2. The number of rotatable bonds is 5. The van der Waals surface area contributed by atoms with Gasteiger partial charge in [0.1, 0.15) is 11.6 Å². The highest BCUT2D eigenvalue weighted by atomic mass is 35.5. The van der Waals surface area contributed by atoms with Gasteiger partial charge in [0, 0.05) is 47.3 Å². The summed E-state index contributed by atoms with van der Waals surface area (Å²) in [6, 6.07) is 17.6. The van der Waals surface area contributed by atoms with Crippen molar-refractivity contribution in [2.75, 3.05) is 13.1 Å². The van der Waals surface area contributed by atoms with Crippen molar-refractivity contribution >= 4 is 11.6 Å². The van der Waals surface area contributed by atoms with Gasteiger partial charge in [-0.3, -0.25) is 0 Å². The third-order valence-electron chi connectivity index (χ3n) is 5.57. The van der Waals surface area contributed by atoms with Crippen LogP contribution in [-0.2, 0) is 12.0 Å². The van der Waals surface area contributed by atoms with E-state index in [0.29, 0.717) is 33.9 Å². The third-order valence-corrected chi connectivity index (χ3v) is 5.88. The minimum Gasteiger partial charge on any atom is -0.481 e. The van der Waals surface area contributed by atoms with Gasteiger partial charge in [0.15, 0.2) is 5.60 Å². The molecular formula is C23H23ClFN3O. The number of nitrogens with two attached hydrogens (primary N) is 3. The quantitative estimate of drug-likeness (QED) is 0.594. The van der Waals surface area contributed by atoms with E-state index in [1.165, 1.54) is 6.07 Å². The fraction of sp³-hybridized carbons (Fsp3) is 0.217. The fourth-order valence-electron chi connectivity index (χ4n) is 4.05. The van der Waals surface area contributed by atoms with Gasteiger partial charge in [-0.05, 0) is 29.3 Å². The Morgan fingerprint density at radius 3 is 2.45 bits per heavy atom. The predicted molar refractivity (Wildman–Crippen MR) is 114 cm³/mol. The van der Waals surface area contributed by atoms with Crippen LogP contribution < -0.4 is 21.9 Å². The Bertz CT molecular complexity index is 1040. The molecule has 2 atom stereocenters. The van der Waals surface area contributed by atoms with Crippen LogP contribution in [0.5, 0.6) is 5.75 Å². The number of fused-ring (bicyclic) bond motifs is 1. The first-order valence-corrected chi connectivity index (χ1v) is 9.89. The van der Waals surface area contributed by atoms with Gasteiger partial charge in [-0.2, -0.15) is 0 Å². The molecule has 0 aliphatic carbocycles. The molecule has 1 aliphatic rings. The lowest BCUT2D eigenvalue weighted by atomic mass is 9.85. The molecule has 3 aromatic carbocycles. The lowest BCUT2D eigenvalue weighted by molar-refractivity contribution is 0.103. The molecule has 1 unspecified atom stereocenters. The average Bonchev–Trinajstić information content (AvgIpc) is 3.14. The van der Waals surface area contributed by atoms with Gasteiger partial charge in [-0.25, -0.2) is 4.39 Å². The van der Waals surface area contributed by atoms with Crippen molar-refractivity contribution in [1.82, 2.24) is 0 Å². The summed E-state index contributed by atoms with van der Waals surface area (Å²) >= 11 is 6.59. The van der Waals surface area contributed by atoms with E-state index in [0.717, 1.165) is 11.1 Å². The zero-order valence-electron chi connectivity index (χ0n) is 15.9. The number of ether oxygens (including phenoxy) is 1. The van der Waals surface area contributed by atoms with Gasteiger partial charge in [0.25, 0.3) is 0 Å². The van der Waals surface area contributed by atoms with E-state index >= 15 is 4.39 Å². The second kappa shape index (κ2) is 7.76. The lowest BCUT2D eigenvalue weighted by Gasteiger charge is -2.27. The van der Waals surface area contributed by atoms with Gasteiger partial charge in [-0.15, -0.1) is 0 Å². The molecule has 0 bridgehead atoms. The molecule has 0 saturated carbocycles. The highest BCUT2D eigenvalue weighted by molar-refractivity contribution is 6.33. The van der Waals surface area contributed by atoms with Crippen molar-refractivity contribution in [3.63, 3.8) is 0 Å². The lowest BCUT2D eigenvalue weighted by Crippen LogP contribution is -2.39. The topological polar surface area (TPSA) is 87.3 Å². The molecule has 0 spiro atoms. The van der Waals surface area contributed by atoms with Gasteiger partial charge in [0.2, 0.25) is 0 Å². The molecular weight excluding hydrogens is 389 g/mol. The average molecular weight is 412 g/mol. The number of hydrogen-bond acceptors (Lipinski definition) is 4. The van der Waals surface area contributed by atoms with Gasteiger partial charge < -0.3 is 21.9 Å². The van der Waals surface area contributed by atoms with E-state index in [1.807, 2.05) is 36.4 Å². The summed E-state index contributed by atoms with van der Waals surface area (Å²) < 4.78 is 21.4. The van der Waals surface area contributed by atoms with E-state index < -0.39 is 17.5 Å². The molecule has 1 aliphatic heterocycles. The summed E-state index contributed by atoms with van der Waals surface area (Å²) in [4.78, 5) is 0. The van der Waals surface area contributed by atoms with Crippen LogP contribution in [0.25, 0.3) is 11.1 Å². The van der Waals surface area contributed by atoms with Crippen LogP contribution >= 0.6 is 11.6 Å². The molecule has 0 fully saturated rings. The molecule has 150 valence electrons. The van der Waals surface area contributed by atoms with Crippen LogP contribution in [0.1, 0.15) is 22.7 Å². The molecule has 0 aromatic heterocycles. The van der Waals surface area contributed by atoms with Gasteiger partial charge in [0.05, 0.1) is 0 Å². The van der Waals surface area contributed by atoms with Gasteiger partial charge >= 0.3 is 0 Å². The summed E-state index contributed by atoms with van der Waals surface area (Å²) in [5.41, 5.74) is 20.8. The van der Waals surface area contributed by atoms with Crippen LogP contribution in [0, 0.1) is 5.82 Å². The molecule has 6 heteroatoms. The van der Waals surface area contributed by atoms with Crippen molar-refractivity contribution in [1.29, 1.82) is 0 Å². The van der Waals surface area contributed by atoms with Crippen LogP contribution in [0.15, 0.2) is 60.7 Å². The Kier molecular flexibility index (Phi) is 5.32. The molecule has 1 heterocycles. The van der Waals surface area contributed by atoms with Crippen molar-refractivity contribution in [3.05, 3.63) is 88.2 Å². The first-order valence-electron chi connectivity index (χ1n) is 9.51. The summed E-state index contributed by atoms with van der Waals surface area (Å²) in [6.07, 6.45) is 0.477. The second-order valence-corrected chi connectivity index (χ2v) is 7.70. The first kappa shape index (κ1) is 19.9. The van der Waals surface area contributed by atoms with Crippen LogP contribution in [-0.4, -0.2) is 13.1 Å². The van der Waals surface area contributed by atoms with Crippen LogP contribution in [0.2, 0.25) is 5.02 Å². The maximum absolute atomic E-state index is 15.1. The molecule has 4 rings (SSSR count). The zero-order valence-corrected chi connectivity index (χ0v) is 16.6. The first-order chi connectivity index (χ1) is 14.0. The second-order valence-electron chi connectivity index (χ2n) is 7.29. The molecule has 4 nitrogen and oxygen atoms in total. The molecule has 6 N–H and O–H groups in total. The van der Waals surface area contributed by atoms with Crippen molar-refractivity contribution < 1.29 is 9.13 Å². The Labute approximate surface area is 174 Å². The smallest absolute Gasteiger partial charge is 0.150 e. The summed E-state index contributed by atoms with van der Waals surface area (Å²) in [5, 5.41) is 0.434. The predicted octanol–water partition coefficient (Wildman–Crippen LogP) is 3.89. The maximum atomic E-state index is 15.1. The molecule has 29 heavy (non-hydrogen) atoms. The van der Waals surface area contributed by atoms with Crippen LogP contribution in [0.4, 0.5) is 4.39 Å². The Morgan fingerprint density at radius 1 is 1.00 bits per heavy atom. The van der Waals surface area contributed by atoms with Crippen molar-refractivity contribution in [3.8, 4) is 16.9 Å². The molecule has 0 radical (unpaired) electrons. The van der Waals surface area contributed by atoms with E-state index in [4.69, 9.17) is 33.5 Å². The SMILES string of the molecule is NCC(N)c1cccc(F)c1-c1c(Cl)ccc2c1C[C@@](CN)(c1ccccc1)O2. The minimum atomic E-state index is -0.732.